The molecule has 6 nitrogen and oxygen atoms in total. The van der Waals surface area contributed by atoms with E-state index in [0.29, 0.717) is 38.5 Å². The lowest BCUT2D eigenvalue weighted by Crippen LogP contribution is -2.52. The van der Waals surface area contributed by atoms with Crippen LogP contribution in [0.1, 0.15) is 19.8 Å². The Bertz CT molecular complexity index is 575. The van der Waals surface area contributed by atoms with Crippen molar-refractivity contribution in [3.8, 4) is 11.5 Å². The molecule has 130 valence electrons. The second kappa shape index (κ2) is 7.55. The number of carbonyl (C=O) groups excluding carboxylic acids is 2. The summed E-state index contributed by atoms with van der Waals surface area (Å²) in [5.74, 6) is 1.90. The van der Waals surface area contributed by atoms with Crippen LogP contribution in [0.4, 0.5) is 0 Å². The van der Waals surface area contributed by atoms with Crippen LogP contribution in [0.5, 0.6) is 11.5 Å². The first-order chi connectivity index (χ1) is 11.7. The molecule has 24 heavy (non-hydrogen) atoms. The zero-order valence-electron chi connectivity index (χ0n) is 14.1. The quantitative estimate of drug-likeness (QED) is 0.793. The van der Waals surface area contributed by atoms with Gasteiger partial charge in [0.2, 0.25) is 5.91 Å². The van der Waals surface area contributed by atoms with Gasteiger partial charge in [-0.05, 0) is 44.0 Å². The zero-order valence-corrected chi connectivity index (χ0v) is 14.1. The number of carbonyl (C=O) groups is 2. The van der Waals surface area contributed by atoms with Crippen molar-refractivity contribution < 1.29 is 19.1 Å². The maximum Gasteiger partial charge on any atom is 0.260 e. The smallest absolute Gasteiger partial charge is 0.260 e. The van der Waals surface area contributed by atoms with Gasteiger partial charge in [0.25, 0.3) is 5.91 Å². The molecule has 1 heterocycles. The van der Waals surface area contributed by atoms with Crippen LogP contribution in [0.25, 0.3) is 0 Å². The van der Waals surface area contributed by atoms with Crippen LogP contribution in [0.2, 0.25) is 0 Å². The fraction of sp³-hybridized carbons (Fsp3) is 0.556. The van der Waals surface area contributed by atoms with E-state index in [-0.39, 0.29) is 24.3 Å². The number of piperazine rings is 1. The highest BCUT2D eigenvalue weighted by molar-refractivity contribution is 5.82. The highest BCUT2D eigenvalue weighted by Gasteiger charge is 2.35. The van der Waals surface area contributed by atoms with E-state index in [0.717, 1.165) is 18.6 Å². The second-order valence-electron chi connectivity index (χ2n) is 6.17. The van der Waals surface area contributed by atoms with Gasteiger partial charge in [-0.1, -0.05) is 0 Å². The molecule has 6 heteroatoms. The monoisotopic (exact) mass is 332 g/mol. The third-order valence-corrected chi connectivity index (χ3v) is 4.37. The summed E-state index contributed by atoms with van der Waals surface area (Å²) in [5, 5.41) is 0. The van der Waals surface area contributed by atoms with Crippen molar-refractivity contribution in [3.05, 3.63) is 24.3 Å². The molecule has 2 fully saturated rings. The molecule has 0 N–H and O–H groups in total. The maximum absolute atomic E-state index is 12.2. The number of nitrogens with zero attached hydrogens (tertiary/aromatic N) is 2. The van der Waals surface area contributed by atoms with Crippen molar-refractivity contribution in [2.75, 3.05) is 39.4 Å². The predicted molar refractivity (Wildman–Crippen MR) is 89.0 cm³/mol. The SMILES string of the molecule is CCOc1ccc(OCC(=O)N2CCN(C(=O)C3CC3)CC2)cc1. The molecule has 1 saturated carbocycles. The van der Waals surface area contributed by atoms with Gasteiger partial charge >= 0.3 is 0 Å². The largest absolute Gasteiger partial charge is 0.494 e. The number of ether oxygens (including phenoxy) is 2. The number of rotatable bonds is 6. The van der Waals surface area contributed by atoms with Crippen LogP contribution in [-0.2, 0) is 9.59 Å². The maximum atomic E-state index is 12.2. The van der Waals surface area contributed by atoms with Gasteiger partial charge in [0.1, 0.15) is 11.5 Å². The van der Waals surface area contributed by atoms with Gasteiger partial charge in [-0.3, -0.25) is 9.59 Å². The molecule has 0 aromatic heterocycles. The summed E-state index contributed by atoms with van der Waals surface area (Å²) in [6.07, 6.45) is 2.04. The Hall–Kier alpha value is -2.24. The van der Waals surface area contributed by atoms with E-state index < -0.39 is 0 Å². The molecule has 1 aromatic carbocycles. The van der Waals surface area contributed by atoms with Crippen LogP contribution in [0, 0.1) is 5.92 Å². The van der Waals surface area contributed by atoms with Crippen molar-refractivity contribution >= 4 is 11.8 Å². The molecule has 0 atom stereocenters. The van der Waals surface area contributed by atoms with Crippen LogP contribution >= 0.6 is 0 Å². The van der Waals surface area contributed by atoms with E-state index >= 15 is 0 Å². The van der Waals surface area contributed by atoms with Crippen LogP contribution in [0.3, 0.4) is 0 Å². The molecule has 0 bridgehead atoms. The van der Waals surface area contributed by atoms with Gasteiger partial charge in [0.15, 0.2) is 6.61 Å². The zero-order chi connectivity index (χ0) is 16.9. The Morgan fingerprint density at radius 2 is 1.50 bits per heavy atom. The number of hydrogen-bond acceptors (Lipinski definition) is 4. The second-order valence-corrected chi connectivity index (χ2v) is 6.17. The van der Waals surface area contributed by atoms with Crippen molar-refractivity contribution in [1.29, 1.82) is 0 Å². The van der Waals surface area contributed by atoms with E-state index in [1.165, 1.54) is 0 Å². The van der Waals surface area contributed by atoms with Crippen molar-refractivity contribution in [2.24, 2.45) is 5.92 Å². The Morgan fingerprint density at radius 3 is 2.04 bits per heavy atom. The summed E-state index contributed by atoms with van der Waals surface area (Å²) in [4.78, 5) is 27.9. The van der Waals surface area contributed by atoms with Crippen molar-refractivity contribution in [3.63, 3.8) is 0 Å². The summed E-state index contributed by atoms with van der Waals surface area (Å²) >= 11 is 0. The van der Waals surface area contributed by atoms with E-state index in [1.54, 1.807) is 17.0 Å². The Labute approximate surface area is 142 Å². The molecular weight excluding hydrogens is 308 g/mol. The standard InChI is InChI=1S/C18H24N2O4/c1-2-23-15-5-7-16(8-6-15)24-13-17(21)19-9-11-20(12-10-19)18(22)14-3-4-14/h5-8,14H,2-4,9-13H2,1H3. The van der Waals surface area contributed by atoms with Crippen molar-refractivity contribution in [1.82, 2.24) is 9.80 Å². The third-order valence-electron chi connectivity index (χ3n) is 4.37. The predicted octanol–water partition coefficient (Wildman–Crippen LogP) is 1.54. The molecule has 0 unspecified atom stereocenters. The van der Waals surface area contributed by atoms with Crippen molar-refractivity contribution in [2.45, 2.75) is 19.8 Å². The van der Waals surface area contributed by atoms with Gasteiger partial charge in [0, 0.05) is 32.1 Å². The molecule has 2 aliphatic rings. The van der Waals surface area contributed by atoms with Gasteiger partial charge < -0.3 is 19.3 Å². The lowest BCUT2D eigenvalue weighted by Gasteiger charge is -2.34. The van der Waals surface area contributed by atoms with Gasteiger partial charge in [-0.25, -0.2) is 0 Å². The first kappa shape index (κ1) is 16.6. The molecule has 0 spiro atoms. The molecule has 3 rings (SSSR count). The molecule has 1 aliphatic carbocycles. The summed E-state index contributed by atoms with van der Waals surface area (Å²) in [6, 6.07) is 7.24. The lowest BCUT2D eigenvalue weighted by atomic mass is 10.2. The molecule has 1 aromatic rings. The highest BCUT2D eigenvalue weighted by atomic mass is 16.5. The average Bonchev–Trinajstić information content (AvgIpc) is 3.46. The molecule has 2 amide bonds. The number of amides is 2. The minimum atomic E-state index is -0.0394. The normalized spacial score (nSPS) is 17.5. The van der Waals surface area contributed by atoms with E-state index in [1.807, 2.05) is 24.0 Å². The summed E-state index contributed by atoms with van der Waals surface area (Å²) in [7, 11) is 0. The number of hydrogen-bond donors (Lipinski definition) is 0. The highest BCUT2D eigenvalue weighted by Crippen LogP contribution is 2.31. The molecular formula is C18H24N2O4. The molecule has 1 saturated heterocycles. The molecule has 0 radical (unpaired) electrons. The first-order valence-electron chi connectivity index (χ1n) is 8.59. The first-order valence-corrected chi connectivity index (χ1v) is 8.59. The number of benzene rings is 1. The van der Waals surface area contributed by atoms with Crippen LogP contribution in [0.15, 0.2) is 24.3 Å². The van der Waals surface area contributed by atoms with Crippen LogP contribution in [-0.4, -0.2) is 61.0 Å². The molecule has 1 aliphatic heterocycles. The van der Waals surface area contributed by atoms with Gasteiger partial charge in [0.05, 0.1) is 6.61 Å². The third kappa shape index (κ3) is 4.19. The Balaban J connectivity index is 1.41. The van der Waals surface area contributed by atoms with Gasteiger partial charge in [-0.15, -0.1) is 0 Å². The summed E-state index contributed by atoms with van der Waals surface area (Å²) < 4.78 is 10.9. The average molecular weight is 332 g/mol. The lowest BCUT2D eigenvalue weighted by molar-refractivity contribution is -0.141. The van der Waals surface area contributed by atoms with E-state index in [2.05, 4.69) is 0 Å². The van der Waals surface area contributed by atoms with Gasteiger partial charge in [-0.2, -0.15) is 0 Å². The Morgan fingerprint density at radius 1 is 0.958 bits per heavy atom. The topological polar surface area (TPSA) is 59.1 Å². The summed E-state index contributed by atoms with van der Waals surface area (Å²) in [5.41, 5.74) is 0. The Kier molecular flexibility index (Phi) is 5.23. The minimum absolute atomic E-state index is 0.0184. The fourth-order valence-electron chi connectivity index (χ4n) is 2.80. The van der Waals surface area contributed by atoms with E-state index in [4.69, 9.17) is 9.47 Å². The van der Waals surface area contributed by atoms with Crippen LogP contribution < -0.4 is 9.47 Å². The fourth-order valence-corrected chi connectivity index (χ4v) is 2.80. The van der Waals surface area contributed by atoms with E-state index in [9.17, 15) is 9.59 Å². The minimum Gasteiger partial charge on any atom is -0.494 e. The summed E-state index contributed by atoms with van der Waals surface area (Å²) in [6.45, 7) is 5.00.